The van der Waals surface area contributed by atoms with E-state index >= 15 is 0 Å². The number of fused-ring (bicyclic) bond motifs is 1. The van der Waals surface area contributed by atoms with Gasteiger partial charge in [0.2, 0.25) is 0 Å². The van der Waals surface area contributed by atoms with Gasteiger partial charge in [0.1, 0.15) is 0 Å². The van der Waals surface area contributed by atoms with Crippen LogP contribution in [0.4, 0.5) is 5.13 Å². The first-order valence-corrected chi connectivity index (χ1v) is 11.2. The third kappa shape index (κ3) is 4.43. The summed E-state index contributed by atoms with van der Waals surface area (Å²) in [7, 11) is 0. The molecule has 0 bridgehead atoms. The van der Waals surface area contributed by atoms with Crippen LogP contribution in [-0.2, 0) is 6.42 Å². The molecule has 4 rings (SSSR count). The largest absolute Gasteiger partial charge is 0.351 e. The van der Waals surface area contributed by atoms with Crippen LogP contribution in [0, 0.1) is 6.92 Å². The molecule has 3 aromatic rings. The fourth-order valence-corrected chi connectivity index (χ4v) is 4.89. The third-order valence-corrected chi connectivity index (χ3v) is 6.70. The maximum Gasteiger partial charge on any atom is 0.251 e. The van der Waals surface area contributed by atoms with E-state index in [-0.39, 0.29) is 5.91 Å². The number of nitrogens with zero attached hydrogens (tertiary/aromatic N) is 3. The first kappa shape index (κ1) is 19.9. The van der Waals surface area contributed by atoms with Crippen LogP contribution in [0.3, 0.4) is 0 Å². The lowest BCUT2D eigenvalue weighted by molar-refractivity contribution is 0.0947. The van der Waals surface area contributed by atoms with E-state index in [1.165, 1.54) is 10.3 Å². The second-order valence-corrected chi connectivity index (χ2v) is 8.52. The van der Waals surface area contributed by atoms with Gasteiger partial charge >= 0.3 is 0 Å². The van der Waals surface area contributed by atoms with Crippen molar-refractivity contribution in [1.82, 2.24) is 15.2 Å². The molecule has 1 aliphatic rings. The van der Waals surface area contributed by atoms with Crippen molar-refractivity contribution >= 4 is 32.6 Å². The van der Waals surface area contributed by atoms with Crippen LogP contribution < -0.4 is 10.2 Å². The predicted octanol–water partition coefficient (Wildman–Crippen LogP) is 3.72. The number of aromatic nitrogens is 1. The highest BCUT2D eigenvalue weighted by Gasteiger charge is 2.20. The van der Waals surface area contributed by atoms with Crippen molar-refractivity contribution in [2.45, 2.75) is 20.3 Å². The quantitative estimate of drug-likeness (QED) is 0.675. The molecule has 0 saturated carbocycles. The minimum atomic E-state index is 0.0166. The van der Waals surface area contributed by atoms with Crippen molar-refractivity contribution in [3.63, 3.8) is 0 Å². The van der Waals surface area contributed by atoms with E-state index in [0.29, 0.717) is 6.54 Å². The molecule has 152 valence electrons. The highest BCUT2D eigenvalue weighted by Crippen LogP contribution is 2.31. The van der Waals surface area contributed by atoms with Crippen molar-refractivity contribution in [3.05, 3.63) is 59.2 Å². The maximum absolute atomic E-state index is 12.3. The topological polar surface area (TPSA) is 48.5 Å². The van der Waals surface area contributed by atoms with Gasteiger partial charge in [-0.1, -0.05) is 48.6 Å². The minimum absolute atomic E-state index is 0.0166. The average Bonchev–Trinajstić information content (AvgIpc) is 3.19. The number of aryl methyl sites for hydroxylation is 2. The van der Waals surface area contributed by atoms with Gasteiger partial charge in [-0.05, 0) is 36.6 Å². The molecule has 1 fully saturated rings. The molecular formula is C23H28N4OS. The fraction of sp³-hybridized carbons (Fsp3) is 0.391. The van der Waals surface area contributed by atoms with E-state index in [1.807, 2.05) is 31.2 Å². The Kier molecular flexibility index (Phi) is 6.11. The Morgan fingerprint density at radius 1 is 1.10 bits per heavy atom. The van der Waals surface area contributed by atoms with Crippen LogP contribution in [0.5, 0.6) is 0 Å². The van der Waals surface area contributed by atoms with Crippen LogP contribution in [0.25, 0.3) is 10.2 Å². The average molecular weight is 409 g/mol. The number of para-hydroxylation sites is 1. The lowest BCUT2D eigenvalue weighted by Gasteiger charge is -2.34. The molecule has 1 aromatic heterocycles. The van der Waals surface area contributed by atoms with E-state index < -0.39 is 0 Å². The molecule has 1 amide bonds. The van der Waals surface area contributed by atoms with Crippen LogP contribution in [-0.4, -0.2) is 55.1 Å². The molecule has 0 radical (unpaired) electrons. The van der Waals surface area contributed by atoms with E-state index in [1.54, 1.807) is 11.3 Å². The standard InChI is InChI=1S/C23H28N4OS/c1-3-18-8-6-10-20-21(18)25-23(29-20)27-15-13-26(14-16-27)12-11-24-22(28)19-9-5-4-7-17(19)2/h4-10H,3,11-16H2,1-2H3,(H,24,28). The zero-order chi connectivity index (χ0) is 20.2. The summed E-state index contributed by atoms with van der Waals surface area (Å²) in [6, 6.07) is 14.2. The van der Waals surface area contributed by atoms with Gasteiger partial charge in [-0.15, -0.1) is 0 Å². The Bertz CT molecular complexity index is 991. The summed E-state index contributed by atoms with van der Waals surface area (Å²) < 4.78 is 1.28. The zero-order valence-electron chi connectivity index (χ0n) is 17.1. The number of hydrogen-bond acceptors (Lipinski definition) is 5. The highest BCUT2D eigenvalue weighted by atomic mass is 32.1. The number of anilines is 1. The molecule has 0 spiro atoms. The smallest absolute Gasteiger partial charge is 0.251 e. The number of hydrogen-bond donors (Lipinski definition) is 1. The molecule has 1 aliphatic heterocycles. The lowest BCUT2D eigenvalue weighted by atomic mass is 10.1. The summed E-state index contributed by atoms with van der Waals surface area (Å²) in [6.07, 6.45) is 1.02. The molecule has 0 atom stereocenters. The Balaban J connectivity index is 1.28. The van der Waals surface area contributed by atoms with Gasteiger partial charge in [0, 0.05) is 44.8 Å². The minimum Gasteiger partial charge on any atom is -0.351 e. The van der Waals surface area contributed by atoms with Crippen molar-refractivity contribution in [2.75, 3.05) is 44.2 Å². The van der Waals surface area contributed by atoms with Crippen molar-refractivity contribution < 1.29 is 4.79 Å². The Labute approximate surface area is 176 Å². The number of rotatable bonds is 6. The molecule has 1 saturated heterocycles. The zero-order valence-corrected chi connectivity index (χ0v) is 18.0. The molecule has 0 unspecified atom stereocenters. The van der Waals surface area contributed by atoms with Crippen LogP contribution in [0.15, 0.2) is 42.5 Å². The summed E-state index contributed by atoms with van der Waals surface area (Å²) in [6.45, 7) is 9.66. The summed E-state index contributed by atoms with van der Waals surface area (Å²) in [5.74, 6) is 0.0166. The number of nitrogens with one attached hydrogen (secondary N) is 1. The number of piperazine rings is 1. The summed E-state index contributed by atoms with van der Waals surface area (Å²) in [5.41, 5.74) is 4.27. The van der Waals surface area contributed by atoms with Crippen molar-refractivity contribution in [1.29, 1.82) is 0 Å². The number of benzene rings is 2. The number of amides is 1. The van der Waals surface area contributed by atoms with Gasteiger partial charge in [0.05, 0.1) is 10.2 Å². The Morgan fingerprint density at radius 2 is 1.90 bits per heavy atom. The second-order valence-electron chi connectivity index (χ2n) is 7.51. The molecule has 5 nitrogen and oxygen atoms in total. The van der Waals surface area contributed by atoms with Gasteiger partial charge < -0.3 is 10.2 Å². The maximum atomic E-state index is 12.3. The second kappa shape index (κ2) is 8.93. The Hall–Kier alpha value is -2.44. The van der Waals surface area contributed by atoms with Crippen LogP contribution in [0.2, 0.25) is 0 Å². The van der Waals surface area contributed by atoms with E-state index in [0.717, 1.165) is 60.9 Å². The highest BCUT2D eigenvalue weighted by molar-refractivity contribution is 7.22. The SMILES string of the molecule is CCc1cccc2sc(N3CCN(CCNC(=O)c4ccccc4C)CC3)nc12. The van der Waals surface area contributed by atoms with Gasteiger partial charge in [0.15, 0.2) is 5.13 Å². The van der Waals surface area contributed by atoms with Crippen molar-refractivity contribution in [3.8, 4) is 0 Å². The molecule has 2 aromatic carbocycles. The molecule has 6 heteroatoms. The third-order valence-electron chi connectivity index (χ3n) is 5.62. The normalized spacial score (nSPS) is 15.0. The summed E-state index contributed by atoms with van der Waals surface area (Å²) in [5, 5.41) is 4.19. The number of carbonyl (C=O) groups excluding carboxylic acids is 1. The van der Waals surface area contributed by atoms with Crippen LogP contribution in [0.1, 0.15) is 28.4 Å². The number of carbonyl (C=O) groups is 1. The van der Waals surface area contributed by atoms with E-state index in [2.05, 4.69) is 40.2 Å². The van der Waals surface area contributed by atoms with Gasteiger partial charge in [-0.25, -0.2) is 4.98 Å². The van der Waals surface area contributed by atoms with Gasteiger partial charge in [0.25, 0.3) is 5.91 Å². The fourth-order valence-electron chi connectivity index (χ4n) is 3.83. The molecule has 2 heterocycles. The molecule has 0 aliphatic carbocycles. The van der Waals surface area contributed by atoms with Gasteiger partial charge in [-0.3, -0.25) is 9.69 Å². The van der Waals surface area contributed by atoms with Gasteiger partial charge in [-0.2, -0.15) is 0 Å². The lowest BCUT2D eigenvalue weighted by Crippen LogP contribution is -2.48. The van der Waals surface area contributed by atoms with Crippen molar-refractivity contribution in [2.24, 2.45) is 0 Å². The first-order chi connectivity index (χ1) is 14.2. The Morgan fingerprint density at radius 3 is 2.66 bits per heavy atom. The summed E-state index contributed by atoms with van der Waals surface area (Å²) >= 11 is 1.79. The number of thiazole rings is 1. The molecule has 1 N–H and O–H groups in total. The molecule has 29 heavy (non-hydrogen) atoms. The molecular weight excluding hydrogens is 380 g/mol. The van der Waals surface area contributed by atoms with E-state index in [4.69, 9.17) is 4.98 Å². The summed E-state index contributed by atoms with van der Waals surface area (Å²) in [4.78, 5) is 22.1. The first-order valence-electron chi connectivity index (χ1n) is 10.3. The monoisotopic (exact) mass is 408 g/mol. The van der Waals surface area contributed by atoms with Crippen LogP contribution >= 0.6 is 11.3 Å². The predicted molar refractivity (Wildman–Crippen MR) is 121 cm³/mol. The van der Waals surface area contributed by atoms with E-state index in [9.17, 15) is 4.79 Å².